The van der Waals surface area contributed by atoms with Crippen molar-refractivity contribution in [3.8, 4) is 6.07 Å². The van der Waals surface area contributed by atoms with Crippen LogP contribution in [0.5, 0.6) is 0 Å². The van der Waals surface area contributed by atoms with Crippen LogP contribution in [0.3, 0.4) is 0 Å². The first-order chi connectivity index (χ1) is 10.0. The van der Waals surface area contributed by atoms with Gasteiger partial charge >= 0.3 is 6.03 Å². The third kappa shape index (κ3) is 3.25. The van der Waals surface area contributed by atoms with E-state index in [1.807, 2.05) is 6.07 Å². The molecule has 106 valence electrons. The summed E-state index contributed by atoms with van der Waals surface area (Å²) in [6.45, 7) is 0. The molecule has 0 unspecified atom stereocenters. The lowest BCUT2D eigenvalue weighted by Crippen LogP contribution is -2.21. The van der Waals surface area contributed by atoms with Crippen LogP contribution in [0, 0.1) is 23.0 Å². The lowest BCUT2D eigenvalue weighted by atomic mass is 10.2. The Morgan fingerprint density at radius 2 is 1.76 bits per heavy atom. The minimum absolute atomic E-state index is 0.0936. The smallest absolute Gasteiger partial charge is 0.323 e. The molecule has 0 heterocycles. The van der Waals surface area contributed by atoms with Crippen molar-refractivity contribution in [2.24, 2.45) is 0 Å². The second-order valence-corrected chi connectivity index (χ2v) is 4.09. The van der Waals surface area contributed by atoms with E-state index in [-0.39, 0.29) is 5.69 Å². The van der Waals surface area contributed by atoms with Crippen LogP contribution in [0.25, 0.3) is 0 Å². The second-order valence-electron chi connectivity index (χ2n) is 4.09. The average Bonchev–Trinajstić information content (AvgIpc) is 2.48. The first-order valence-corrected chi connectivity index (χ1v) is 5.83. The molecule has 7 heteroatoms. The van der Waals surface area contributed by atoms with Crippen molar-refractivity contribution in [2.45, 2.75) is 0 Å². The number of urea groups is 1. The standard InChI is InChI=1S/C14H10F2N4O/c15-10-5-6-11(18)13(12(10)16)20-14(21)19-9-3-1-8(7-17)2-4-9/h1-6H,18H2,(H2,19,20,21). The van der Waals surface area contributed by atoms with E-state index in [1.165, 1.54) is 24.3 Å². The molecule has 2 aromatic carbocycles. The van der Waals surface area contributed by atoms with Gasteiger partial charge in [-0.05, 0) is 36.4 Å². The van der Waals surface area contributed by atoms with Gasteiger partial charge in [0.2, 0.25) is 0 Å². The zero-order chi connectivity index (χ0) is 15.4. The molecule has 0 bridgehead atoms. The number of carbonyl (C=O) groups excluding carboxylic acids is 1. The lowest BCUT2D eigenvalue weighted by Gasteiger charge is -2.11. The number of nitriles is 1. The van der Waals surface area contributed by atoms with Gasteiger partial charge in [-0.1, -0.05) is 0 Å². The molecule has 21 heavy (non-hydrogen) atoms. The Kier molecular flexibility index (Phi) is 4.00. The highest BCUT2D eigenvalue weighted by Crippen LogP contribution is 2.24. The summed E-state index contributed by atoms with van der Waals surface area (Å²) in [4.78, 5) is 11.7. The SMILES string of the molecule is N#Cc1ccc(NC(=O)Nc2c(N)ccc(F)c2F)cc1. The third-order valence-corrected chi connectivity index (χ3v) is 2.64. The highest BCUT2D eigenvalue weighted by atomic mass is 19.2. The summed E-state index contributed by atoms with van der Waals surface area (Å²) in [7, 11) is 0. The molecule has 2 aromatic rings. The van der Waals surface area contributed by atoms with Crippen molar-refractivity contribution < 1.29 is 13.6 Å². The van der Waals surface area contributed by atoms with Gasteiger partial charge in [-0.2, -0.15) is 5.26 Å². The molecule has 5 nitrogen and oxygen atoms in total. The molecule has 2 rings (SSSR count). The van der Waals surface area contributed by atoms with Gasteiger partial charge in [0, 0.05) is 5.69 Å². The number of anilines is 3. The van der Waals surface area contributed by atoms with Crippen LogP contribution in [-0.4, -0.2) is 6.03 Å². The maximum absolute atomic E-state index is 13.5. The molecular formula is C14H10F2N4O. The summed E-state index contributed by atoms with van der Waals surface area (Å²) in [6, 6.07) is 9.19. The second kappa shape index (κ2) is 5.88. The van der Waals surface area contributed by atoms with E-state index >= 15 is 0 Å². The molecule has 0 aromatic heterocycles. The van der Waals surface area contributed by atoms with Crippen molar-refractivity contribution in [3.63, 3.8) is 0 Å². The zero-order valence-electron chi connectivity index (χ0n) is 10.7. The fourth-order valence-corrected chi connectivity index (χ4v) is 1.60. The van der Waals surface area contributed by atoms with E-state index in [9.17, 15) is 13.6 Å². The molecule has 2 amide bonds. The highest BCUT2D eigenvalue weighted by Gasteiger charge is 2.14. The predicted molar refractivity (Wildman–Crippen MR) is 74.6 cm³/mol. The number of carbonyl (C=O) groups is 1. The van der Waals surface area contributed by atoms with Gasteiger partial charge in [-0.3, -0.25) is 0 Å². The summed E-state index contributed by atoms with van der Waals surface area (Å²) < 4.78 is 26.6. The van der Waals surface area contributed by atoms with Crippen LogP contribution in [0.2, 0.25) is 0 Å². The number of nitrogens with zero attached hydrogens (tertiary/aromatic N) is 1. The van der Waals surface area contributed by atoms with Crippen molar-refractivity contribution >= 4 is 23.1 Å². The van der Waals surface area contributed by atoms with Crippen molar-refractivity contribution in [2.75, 3.05) is 16.4 Å². The Morgan fingerprint density at radius 3 is 2.38 bits per heavy atom. The Hall–Kier alpha value is -3.14. The highest BCUT2D eigenvalue weighted by molar-refractivity contribution is 6.01. The van der Waals surface area contributed by atoms with E-state index in [0.29, 0.717) is 11.3 Å². The Morgan fingerprint density at radius 1 is 1.10 bits per heavy atom. The summed E-state index contributed by atoms with van der Waals surface area (Å²) in [6.07, 6.45) is 0. The monoisotopic (exact) mass is 288 g/mol. The number of rotatable bonds is 2. The summed E-state index contributed by atoms with van der Waals surface area (Å²) in [5.41, 5.74) is 5.78. The Bertz CT molecular complexity index is 723. The maximum Gasteiger partial charge on any atom is 0.323 e. The molecule has 0 fully saturated rings. The van der Waals surface area contributed by atoms with E-state index in [2.05, 4.69) is 10.6 Å². The van der Waals surface area contributed by atoms with Crippen LogP contribution in [0.1, 0.15) is 5.56 Å². The van der Waals surface area contributed by atoms with Crippen LogP contribution in [0.15, 0.2) is 36.4 Å². The number of benzene rings is 2. The quantitative estimate of drug-likeness (QED) is 0.742. The van der Waals surface area contributed by atoms with E-state index in [0.717, 1.165) is 12.1 Å². The van der Waals surface area contributed by atoms with Gasteiger partial charge in [-0.25, -0.2) is 13.6 Å². The lowest BCUT2D eigenvalue weighted by molar-refractivity contribution is 0.262. The number of nitrogen functional groups attached to an aromatic ring is 1. The molecule has 0 saturated heterocycles. The van der Waals surface area contributed by atoms with Crippen molar-refractivity contribution in [1.82, 2.24) is 0 Å². The molecule has 0 saturated carbocycles. The number of hydrogen-bond donors (Lipinski definition) is 3. The molecule has 0 aliphatic rings. The van der Waals surface area contributed by atoms with Gasteiger partial charge in [0.25, 0.3) is 0 Å². The number of hydrogen-bond acceptors (Lipinski definition) is 3. The topological polar surface area (TPSA) is 90.9 Å². The van der Waals surface area contributed by atoms with Gasteiger partial charge in [-0.15, -0.1) is 0 Å². The fraction of sp³-hybridized carbons (Fsp3) is 0. The molecule has 0 atom stereocenters. The first-order valence-electron chi connectivity index (χ1n) is 5.83. The Balaban J connectivity index is 2.12. The van der Waals surface area contributed by atoms with E-state index < -0.39 is 23.4 Å². The minimum Gasteiger partial charge on any atom is -0.397 e. The summed E-state index contributed by atoms with van der Waals surface area (Å²) in [5.74, 6) is -2.34. The van der Waals surface area contributed by atoms with Crippen LogP contribution >= 0.6 is 0 Å². The van der Waals surface area contributed by atoms with Gasteiger partial charge in [0.05, 0.1) is 17.3 Å². The molecular weight excluding hydrogens is 278 g/mol. The number of halogens is 2. The number of nitrogens with one attached hydrogen (secondary N) is 2. The third-order valence-electron chi connectivity index (χ3n) is 2.64. The first kappa shape index (κ1) is 14.3. The van der Waals surface area contributed by atoms with E-state index in [4.69, 9.17) is 11.0 Å². The van der Waals surface area contributed by atoms with Crippen molar-refractivity contribution in [1.29, 1.82) is 5.26 Å². The normalized spacial score (nSPS) is 9.76. The van der Waals surface area contributed by atoms with Crippen molar-refractivity contribution in [3.05, 3.63) is 53.6 Å². The summed E-state index contributed by atoms with van der Waals surface area (Å²) in [5, 5.41) is 13.2. The molecule has 0 aliphatic carbocycles. The van der Waals surface area contributed by atoms with Gasteiger partial charge < -0.3 is 16.4 Å². The average molecular weight is 288 g/mol. The number of nitrogens with two attached hydrogens (primary N) is 1. The minimum atomic E-state index is -1.23. The molecule has 4 N–H and O–H groups in total. The van der Waals surface area contributed by atoms with Crippen LogP contribution in [0.4, 0.5) is 30.6 Å². The van der Waals surface area contributed by atoms with E-state index in [1.54, 1.807) is 0 Å². The number of amides is 2. The maximum atomic E-state index is 13.5. The molecule has 0 radical (unpaired) electrons. The van der Waals surface area contributed by atoms with Gasteiger partial charge in [0.1, 0.15) is 5.69 Å². The molecule has 0 spiro atoms. The Labute approximate surface area is 119 Å². The largest absolute Gasteiger partial charge is 0.397 e. The molecule has 0 aliphatic heterocycles. The van der Waals surface area contributed by atoms with Crippen LogP contribution in [-0.2, 0) is 0 Å². The fourth-order valence-electron chi connectivity index (χ4n) is 1.60. The zero-order valence-corrected chi connectivity index (χ0v) is 10.7. The van der Waals surface area contributed by atoms with Gasteiger partial charge in [0.15, 0.2) is 11.6 Å². The predicted octanol–water partition coefficient (Wildman–Crippen LogP) is 3.06. The van der Waals surface area contributed by atoms with Crippen LogP contribution < -0.4 is 16.4 Å². The summed E-state index contributed by atoms with van der Waals surface area (Å²) >= 11 is 0.